The van der Waals surface area contributed by atoms with Crippen LogP contribution in [0.3, 0.4) is 0 Å². The number of hydrogen-bond donors (Lipinski definition) is 1. The molecule has 1 aromatic heterocycles. The summed E-state index contributed by atoms with van der Waals surface area (Å²) in [5.41, 5.74) is 2.15. The number of nitrogens with one attached hydrogen (secondary N) is 1. The van der Waals surface area contributed by atoms with Crippen molar-refractivity contribution in [1.82, 2.24) is 25.5 Å². The highest BCUT2D eigenvalue weighted by Crippen LogP contribution is 2.19. The second-order valence-electron chi connectivity index (χ2n) is 5.64. The van der Waals surface area contributed by atoms with Gasteiger partial charge in [-0.1, -0.05) is 53.7 Å². The number of ether oxygens (including phenoxy) is 1. The molecule has 0 radical (unpaired) electrons. The number of tetrazole rings is 1. The molecule has 2 aromatic carbocycles. The van der Waals surface area contributed by atoms with E-state index in [9.17, 15) is 0 Å². The van der Waals surface area contributed by atoms with Crippen LogP contribution in [0.1, 0.15) is 11.1 Å². The van der Waals surface area contributed by atoms with Gasteiger partial charge < -0.3 is 10.1 Å². The van der Waals surface area contributed by atoms with E-state index in [0.717, 1.165) is 40.3 Å². The lowest BCUT2D eigenvalue weighted by molar-refractivity contribution is 0.306. The average molecular weight is 390 g/mol. The van der Waals surface area contributed by atoms with Crippen molar-refractivity contribution in [2.45, 2.75) is 18.3 Å². The minimum Gasteiger partial charge on any atom is -0.489 e. The van der Waals surface area contributed by atoms with Gasteiger partial charge in [0.1, 0.15) is 12.4 Å². The van der Waals surface area contributed by atoms with E-state index < -0.39 is 0 Å². The SMILES string of the molecule is Cn1nnnc1SCCNCc1cccc(OCc2ccccc2Cl)c1. The molecular formula is C18H20ClN5OS. The van der Waals surface area contributed by atoms with Gasteiger partial charge in [-0.15, -0.1) is 5.10 Å². The van der Waals surface area contributed by atoms with Crippen LogP contribution in [-0.2, 0) is 20.2 Å². The van der Waals surface area contributed by atoms with E-state index >= 15 is 0 Å². The van der Waals surface area contributed by atoms with Gasteiger partial charge in [0.2, 0.25) is 5.16 Å². The van der Waals surface area contributed by atoms with E-state index in [1.807, 2.05) is 49.5 Å². The van der Waals surface area contributed by atoms with E-state index in [2.05, 4.69) is 26.9 Å². The Bertz CT molecular complexity index is 842. The fourth-order valence-electron chi connectivity index (χ4n) is 2.31. The Morgan fingerprint density at radius 3 is 2.88 bits per heavy atom. The van der Waals surface area contributed by atoms with Gasteiger partial charge in [-0.25, -0.2) is 4.68 Å². The highest BCUT2D eigenvalue weighted by atomic mass is 35.5. The molecule has 3 rings (SSSR count). The molecule has 0 aliphatic heterocycles. The van der Waals surface area contributed by atoms with Gasteiger partial charge in [-0.3, -0.25) is 0 Å². The van der Waals surface area contributed by atoms with Crippen LogP contribution >= 0.6 is 23.4 Å². The van der Waals surface area contributed by atoms with Crippen LogP contribution in [0.5, 0.6) is 5.75 Å². The molecule has 136 valence electrons. The van der Waals surface area contributed by atoms with Crippen molar-refractivity contribution in [3.05, 3.63) is 64.7 Å². The van der Waals surface area contributed by atoms with E-state index in [4.69, 9.17) is 16.3 Å². The van der Waals surface area contributed by atoms with E-state index in [1.165, 1.54) is 5.56 Å². The Morgan fingerprint density at radius 1 is 1.19 bits per heavy atom. The molecule has 0 spiro atoms. The summed E-state index contributed by atoms with van der Waals surface area (Å²) in [5.74, 6) is 1.74. The van der Waals surface area contributed by atoms with Crippen molar-refractivity contribution in [1.29, 1.82) is 0 Å². The van der Waals surface area contributed by atoms with Crippen LogP contribution in [0.2, 0.25) is 5.02 Å². The van der Waals surface area contributed by atoms with Gasteiger partial charge in [0.05, 0.1) is 0 Å². The summed E-state index contributed by atoms with van der Waals surface area (Å²) in [4.78, 5) is 0. The lowest BCUT2D eigenvalue weighted by Gasteiger charge is -2.10. The molecule has 0 saturated heterocycles. The monoisotopic (exact) mass is 389 g/mol. The van der Waals surface area contributed by atoms with Crippen LogP contribution in [0.4, 0.5) is 0 Å². The summed E-state index contributed by atoms with van der Waals surface area (Å²) in [5, 5.41) is 16.3. The van der Waals surface area contributed by atoms with Crippen molar-refractivity contribution in [2.24, 2.45) is 7.05 Å². The average Bonchev–Trinajstić information content (AvgIpc) is 3.06. The maximum atomic E-state index is 6.16. The summed E-state index contributed by atoms with van der Waals surface area (Å²) >= 11 is 7.79. The number of hydrogen-bond acceptors (Lipinski definition) is 6. The van der Waals surface area contributed by atoms with Crippen LogP contribution in [0, 0.1) is 0 Å². The molecule has 0 amide bonds. The molecule has 0 unspecified atom stereocenters. The Kier molecular flexibility index (Phi) is 6.88. The number of benzene rings is 2. The number of aromatic nitrogens is 4. The molecule has 0 aliphatic rings. The fourth-order valence-corrected chi connectivity index (χ4v) is 3.25. The zero-order valence-corrected chi connectivity index (χ0v) is 16.0. The summed E-state index contributed by atoms with van der Waals surface area (Å²) in [6, 6.07) is 15.8. The molecule has 26 heavy (non-hydrogen) atoms. The van der Waals surface area contributed by atoms with Crippen molar-refractivity contribution < 1.29 is 4.74 Å². The number of halogens is 1. The molecule has 0 aliphatic carbocycles. The van der Waals surface area contributed by atoms with Gasteiger partial charge in [0, 0.05) is 36.5 Å². The van der Waals surface area contributed by atoms with Crippen LogP contribution in [0.25, 0.3) is 0 Å². The Labute approximate surface area is 161 Å². The molecule has 0 atom stereocenters. The lowest BCUT2D eigenvalue weighted by atomic mass is 10.2. The minimum atomic E-state index is 0.457. The Morgan fingerprint density at radius 2 is 2.08 bits per heavy atom. The molecular weight excluding hydrogens is 370 g/mol. The van der Waals surface area contributed by atoms with Crippen LogP contribution in [-0.4, -0.2) is 32.5 Å². The third kappa shape index (κ3) is 5.45. The molecule has 0 fully saturated rings. The first-order chi connectivity index (χ1) is 12.7. The van der Waals surface area contributed by atoms with Crippen molar-refractivity contribution >= 4 is 23.4 Å². The molecule has 6 nitrogen and oxygen atoms in total. The first kappa shape index (κ1) is 18.7. The maximum absolute atomic E-state index is 6.16. The van der Waals surface area contributed by atoms with Gasteiger partial charge >= 0.3 is 0 Å². The van der Waals surface area contributed by atoms with Crippen LogP contribution < -0.4 is 10.1 Å². The third-order valence-electron chi connectivity index (χ3n) is 3.67. The number of thioether (sulfide) groups is 1. The first-order valence-electron chi connectivity index (χ1n) is 8.23. The summed E-state index contributed by atoms with van der Waals surface area (Å²) in [6.07, 6.45) is 0. The highest BCUT2D eigenvalue weighted by Gasteiger charge is 2.03. The van der Waals surface area contributed by atoms with Gasteiger partial charge in [0.25, 0.3) is 0 Å². The smallest absolute Gasteiger partial charge is 0.209 e. The summed E-state index contributed by atoms with van der Waals surface area (Å²) in [7, 11) is 1.84. The number of rotatable bonds is 9. The zero-order valence-electron chi connectivity index (χ0n) is 14.4. The number of aryl methyl sites for hydroxylation is 1. The molecule has 3 aromatic rings. The third-order valence-corrected chi connectivity index (χ3v) is 5.05. The molecule has 0 bridgehead atoms. The Balaban J connectivity index is 1.42. The standard InChI is InChI=1S/C18H20ClN5OS/c1-24-18(21-22-23-24)26-10-9-20-12-14-5-4-7-16(11-14)25-13-15-6-2-3-8-17(15)19/h2-8,11,20H,9-10,12-13H2,1H3. The van der Waals surface area contributed by atoms with Crippen molar-refractivity contribution in [3.8, 4) is 5.75 Å². The van der Waals surface area contributed by atoms with Crippen molar-refractivity contribution in [3.63, 3.8) is 0 Å². The predicted molar refractivity (Wildman–Crippen MR) is 103 cm³/mol. The first-order valence-corrected chi connectivity index (χ1v) is 9.60. The largest absolute Gasteiger partial charge is 0.489 e. The highest BCUT2D eigenvalue weighted by molar-refractivity contribution is 7.99. The van der Waals surface area contributed by atoms with Crippen molar-refractivity contribution in [2.75, 3.05) is 12.3 Å². The molecule has 0 saturated carbocycles. The number of nitrogens with zero attached hydrogens (tertiary/aromatic N) is 4. The van der Waals surface area contributed by atoms with E-state index in [1.54, 1.807) is 16.4 Å². The quantitative estimate of drug-likeness (QED) is 0.447. The summed E-state index contributed by atoms with van der Waals surface area (Å²) in [6.45, 7) is 2.10. The normalized spacial score (nSPS) is 10.8. The van der Waals surface area contributed by atoms with Gasteiger partial charge in [0.15, 0.2) is 0 Å². The molecule has 1 heterocycles. The fraction of sp³-hybridized carbons (Fsp3) is 0.278. The van der Waals surface area contributed by atoms with Gasteiger partial charge in [-0.05, 0) is 34.2 Å². The summed E-state index contributed by atoms with van der Waals surface area (Å²) < 4.78 is 7.53. The maximum Gasteiger partial charge on any atom is 0.209 e. The minimum absolute atomic E-state index is 0.457. The second-order valence-corrected chi connectivity index (χ2v) is 7.11. The van der Waals surface area contributed by atoms with Crippen LogP contribution in [0.15, 0.2) is 53.7 Å². The molecule has 1 N–H and O–H groups in total. The lowest BCUT2D eigenvalue weighted by Crippen LogP contribution is -2.16. The zero-order chi connectivity index (χ0) is 18.2. The topological polar surface area (TPSA) is 64.9 Å². The second kappa shape index (κ2) is 9.56. The molecule has 8 heteroatoms. The predicted octanol–water partition coefficient (Wildman–Crippen LogP) is 3.32. The van der Waals surface area contributed by atoms with Gasteiger partial charge in [-0.2, -0.15) is 0 Å². The Hall–Kier alpha value is -2.09. The van der Waals surface area contributed by atoms with E-state index in [0.29, 0.717) is 6.61 Å². The van der Waals surface area contributed by atoms with E-state index in [-0.39, 0.29) is 0 Å².